The number of aromatic nitrogens is 1. The summed E-state index contributed by atoms with van der Waals surface area (Å²) in [4.78, 5) is 11.3. The van der Waals surface area contributed by atoms with Gasteiger partial charge in [-0.3, -0.25) is 4.79 Å². The maximum absolute atomic E-state index is 12.7. The molecule has 1 heterocycles. The summed E-state index contributed by atoms with van der Waals surface area (Å²) in [5.74, 6) is 0. The summed E-state index contributed by atoms with van der Waals surface area (Å²) in [5, 5.41) is 0. The predicted octanol–water partition coefficient (Wildman–Crippen LogP) is 2.20. The van der Waals surface area contributed by atoms with Gasteiger partial charge >= 0.3 is 6.30 Å². The third kappa shape index (κ3) is 2.37. The van der Waals surface area contributed by atoms with E-state index in [9.17, 15) is 18.0 Å². The monoisotopic (exact) mass is 234 g/mol. The molecule has 0 aliphatic rings. The number of halogens is 3. The Balaban J connectivity index is 3.65. The number of anilines is 1. The van der Waals surface area contributed by atoms with Gasteiger partial charge in [-0.2, -0.15) is 0 Å². The Morgan fingerprint density at radius 1 is 1.19 bits per heavy atom. The molecule has 0 saturated heterocycles. The topological polar surface area (TPSA) is 48.0 Å². The van der Waals surface area contributed by atoms with Crippen LogP contribution in [0.25, 0.3) is 0 Å². The Bertz CT molecular complexity index is 455. The molecule has 0 amide bonds. The molecule has 0 fully saturated rings. The van der Waals surface area contributed by atoms with Crippen LogP contribution in [0.5, 0.6) is 0 Å². The van der Waals surface area contributed by atoms with Crippen LogP contribution in [0.3, 0.4) is 0 Å². The van der Waals surface area contributed by atoms with Crippen molar-refractivity contribution in [3.63, 3.8) is 0 Å². The second-order valence-corrected chi connectivity index (χ2v) is 4.57. The highest BCUT2D eigenvalue weighted by Gasteiger charge is 2.37. The van der Waals surface area contributed by atoms with Crippen LogP contribution in [-0.2, 0) is 11.7 Å². The third-order valence-corrected chi connectivity index (χ3v) is 2.08. The van der Waals surface area contributed by atoms with Crippen molar-refractivity contribution in [1.82, 2.24) is 4.57 Å². The lowest BCUT2D eigenvalue weighted by Gasteiger charge is -2.25. The summed E-state index contributed by atoms with van der Waals surface area (Å²) in [6, 6.07) is 1.94. The molecule has 0 bridgehead atoms. The molecule has 90 valence electrons. The van der Waals surface area contributed by atoms with Crippen LogP contribution >= 0.6 is 0 Å². The largest absolute Gasteiger partial charge is 0.491 e. The molecule has 0 aliphatic carbocycles. The zero-order chi connectivity index (χ0) is 12.7. The van der Waals surface area contributed by atoms with Crippen molar-refractivity contribution in [3.8, 4) is 0 Å². The average Bonchev–Trinajstić information content (AvgIpc) is 1.97. The number of hydrogen-bond acceptors (Lipinski definition) is 2. The van der Waals surface area contributed by atoms with E-state index in [4.69, 9.17) is 5.73 Å². The molecule has 0 radical (unpaired) electrons. The van der Waals surface area contributed by atoms with Crippen molar-refractivity contribution >= 4 is 5.69 Å². The Labute approximate surface area is 90.7 Å². The van der Waals surface area contributed by atoms with Crippen LogP contribution in [0.2, 0.25) is 0 Å². The molecule has 0 atom stereocenters. The molecule has 0 unspecified atom stereocenters. The molecule has 0 aliphatic heterocycles. The van der Waals surface area contributed by atoms with Crippen molar-refractivity contribution in [2.24, 2.45) is 0 Å². The summed E-state index contributed by atoms with van der Waals surface area (Å²) in [6.45, 7) is 4.76. The Hall–Kier alpha value is -1.46. The summed E-state index contributed by atoms with van der Waals surface area (Å²) in [6.07, 6.45) is -4.73. The number of alkyl halides is 3. The minimum atomic E-state index is -4.73. The first-order chi connectivity index (χ1) is 7.03. The fraction of sp³-hybridized carbons (Fsp3) is 0.500. The Morgan fingerprint density at radius 3 is 2.06 bits per heavy atom. The molecule has 0 saturated carbocycles. The summed E-state index contributed by atoms with van der Waals surface area (Å²) >= 11 is 0. The van der Waals surface area contributed by atoms with Crippen molar-refractivity contribution in [1.29, 1.82) is 0 Å². The standard InChI is InChI=1S/C10H13F3N2O/c1-9(2,3)7-4-6(14)5-8(16)15(7)10(11,12)13/h4-5H,14H2,1-3H3. The van der Waals surface area contributed by atoms with E-state index >= 15 is 0 Å². The van der Waals surface area contributed by atoms with Gasteiger partial charge in [0.15, 0.2) is 0 Å². The Kier molecular flexibility index (Phi) is 2.79. The van der Waals surface area contributed by atoms with Gasteiger partial charge in [-0.25, -0.2) is 4.57 Å². The van der Waals surface area contributed by atoms with Gasteiger partial charge in [0, 0.05) is 22.9 Å². The maximum atomic E-state index is 12.7. The van der Waals surface area contributed by atoms with E-state index in [-0.39, 0.29) is 15.9 Å². The van der Waals surface area contributed by atoms with Gasteiger partial charge in [0.2, 0.25) is 0 Å². The number of hydrogen-bond donors (Lipinski definition) is 1. The minimum absolute atomic E-state index is 0.0374. The van der Waals surface area contributed by atoms with Crippen LogP contribution in [0.4, 0.5) is 18.9 Å². The lowest BCUT2D eigenvalue weighted by Crippen LogP contribution is -2.37. The van der Waals surface area contributed by atoms with Gasteiger partial charge in [-0.15, -0.1) is 13.2 Å². The van der Waals surface area contributed by atoms with Gasteiger partial charge in [0.25, 0.3) is 5.56 Å². The molecule has 3 nitrogen and oxygen atoms in total. The van der Waals surface area contributed by atoms with E-state index in [1.165, 1.54) is 6.07 Å². The highest BCUT2D eigenvalue weighted by Crippen LogP contribution is 2.29. The molecule has 0 aromatic carbocycles. The van der Waals surface area contributed by atoms with E-state index < -0.39 is 17.3 Å². The summed E-state index contributed by atoms with van der Waals surface area (Å²) < 4.78 is 37.9. The van der Waals surface area contributed by atoms with Crippen molar-refractivity contribution in [2.75, 3.05) is 5.73 Å². The van der Waals surface area contributed by atoms with Crippen molar-refractivity contribution in [2.45, 2.75) is 32.5 Å². The first-order valence-electron chi connectivity index (χ1n) is 4.64. The second kappa shape index (κ2) is 3.54. The molecule has 1 rings (SSSR count). The maximum Gasteiger partial charge on any atom is 0.491 e. The number of pyridine rings is 1. The lowest BCUT2D eigenvalue weighted by molar-refractivity contribution is -0.208. The first kappa shape index (κ1) is 12.6. The molecule has 6 heteroatoms. The summed E-state index contributed by atoms with van der Waals surface area (Å²) in [5.41, 5.74) is 3.31. The Morgan fingerprint density at radius 2 is 1.69 bits per heavy atom. The number of nitrogens with zero attached hydrogens (tertiary/aromatic N) is 1. The van der Waals surface area contributed by atoms with Crippen LogP contribution in [-0.4, -0.2) is 4.57 Å². The molecular weight excluding hydrogens is 221 g/mol. The van der Waals surface area contributed by atoms with E-state index in [0.717, 1.165) is 6.07 Å². The first-order valence-corrected chi connectivity index (χ1v) is 4.64. The van der Waals surface area contributed by atoms with E-state index in [0.29, 0.717) is 0 Å². The number of nitrogens with two attached hydrogens (primary N) is 1. The van der Waals surface area contributed by atoms with E-state index in [1.54, 1.807) is 20.8 Å². The zero-order valence-corrected chi connectivity index (χ0v) is 9.22. The molecule has 0 spiro atoms. The predicted molar refractivity (Wildman–Crippen MR) is 55.1 cm³/mol. The molecular formula is C10H13F3N2O. The SMILES string of the molecule is CC(C)(C)c1cc(N)cc(=O)n1C(F)(F)F. The fourth-order valence-corrected chi connectivity index (χ4v) is 1.40. The summed E-state index contributed by atoms with van der Waals surface area (Å²) in [7, 11) is 0. The number of nitrogen functional groups attached to an aromatic ring is 1. The molecule has 1 aromatic heterocycles. The van der Waals surface area contributed by atoms with E-state index in [1.807, 2.05) is 0 Å². The van der Waals surface area contributed by atoms with Gasteiger partial charge in [-0.1, -0.05) is 20.8 Å². The highest BCUT2D eigenvalue weighted by molar-refractivity contribution is 5.40. The zero-order valence-electron chi connectivity index (χ0n) is 9.22. The molecule has 16 heavy (non-hydrogen) atoms. The molecule has 2 N–H and O–H groups in total. The van der Waals surface area contributed by atoms with Gasteiger partial charge in [0.1, 0.15) is 0 Å². The normalized spacial score (nSPS) is 12.9. The van der Waals surface area contributed by atoms with Crippen molar-refractivity contribution < 1.29 is 13.2 Å². The van der Waals surface area contributed by atoms with Gasteiger partial charge < -0.3 is 5.73 Å². The fourth-order valence-electron chi connectivity index (χ4n) is 1.40. The molecule has 1 aromatic rings. The van der Waals surface area contributed by atoms with Crippen molar-refractivity contribution in [3.05, 3.63) is 28.2 Å². The second-order valence-electron chi connectivity index (χ2n) is 4.57. The van der Waals surface area contributed by atoms with Crippen LogP contribution in [0.1, 0.15) is 26.5 Å². The van der Waals surface area contributed by atoms with Crippen LogP contribution < -0.4 is 11.3 Å². The average molecular weight is 234 g/mol. The van der Waals surface area contributed by atoms with Crippen LogP contribution in [0.15, 0.2) is 16.9 Å². The van der Waals surface area contributed by atoms with Crippen LogP contribution in [0, 0.1) is 0 Å². The minimum Gasteiger partial charge on any atom is -0.399 e. The van der Waals surface area contributed by atoms with Gasteiger partial charge in [0.05, 0.1) is 0 Å². The quantitative estimate of drug-likeness (QED) is 0.748. The van der Waals surface area contributed by atoms with E-state index in [2.05, 4.69) is 0 Å². The third-order valence-electron chi connectivity index (χ3n) is 2.08. The lowest BCUT2D eigenvalue weighted by atomic mass is 9.91. The smallest absolute Gasteiger partial charge is 0.399 e. The van der Waals surface area contributed by atoms with Gasteiger partial charge in [-0.05, 0) is 6.07 Å². The number of rotatable bonds is 0. The highest BCUT2D eigenvalue weighted by atomic mass is 19.4.